The predicted molar refractivity (Wildman–Crippen MR) is 176 cm³/mol. The fraction of sp³-hybridized carbons (Fsp3) is 0.514. The highest BCUT2D eigenvalue weighted by Gasteiger charge is 2.47. The lowest BCUT2D eigenvalue weighted by atomic mass is 9.88. The molecule has 0 aliphatic carbocycles. The van der Waals surface area contributed by atoms with E-state index in [1.54, 1.807) is 29.2 Å². The van der Waals surface area contributed by atoms with E-state index in [4.69, 9.17) is 14.2 Å². The van der Waals surface area contributed by atoms with Crippen LogP contribution in [0, 0.1) is 0 Å². The minimum atomic E-state index is -1.48. The number of carbonyl (C=O) groups excluding carboxylic acids is 5. The largest absolute Gasteiger partial charge is 0.492 e. The SMILES string of the molecule is C[C@@H]1NC(=O)C([C@@H](C)O)NC(=O)C2(CCN(C(=O)[C@@H]3CCCO3)CC2)Oc2ccc(cc2)OCCNC(=O)[C@H](Cc2ccccc2)NC1=O. The van der Waals surface area contributed by atoms with Crippen LogP contribution in [-0.2, 0) is 35.1 Å². The zero-order chi connectivity index (χ0) is 35.0. The maximum absolute atomic E-state index is 14.1. The Morgan fingerprint density at radius 2 is 1.61 bits per heavy atom. The molecule has 2 bridgehead atoms. The summed E-state index contributed by atoms with van der Waals surface area (Å²) in [4.78, 5) is 68.7. The zero-order valence-electron chi connectivity index (χ0n) is 27.8. The number of aliphatic hydroxyl groups is 1. The van der Waals surface area contributed by atoms with E-state index < -0.39 is 59.6 Å². The molecule has 5 atom stereocenters. The summed E-state index contributed by atoms with van der Waals surface area (Å²) in [5, 5.41) is 21.3. The van der Waals surface area contributed by atoms with Crippen molar-refractivity contribution in [2.24, 2.45) is 0 Å². The van der Waals surface area contributed by atoms with Crippen LogP contribution in [0.2, 0.25) is 0 Å². The standard InChI is InChI=1S/C35H45N5O9/c1-22-30(42)38-27(21-24-7-4-3-5-8-24)31(43)36-16-20-47-25-10-12-26(13-11-25)49-35(34(46)39-29(23(2)41)32(44)37-22)14-17-40(18-15-35)33(45)28-9-6-19-48-28/h3-5,7-8,10-13,22-23,27-29,41H,6,9,14-21H2,1-2H3,(H,36,43)(H,37,44)(H,38,42)(H,39,46)/t22-,23+,27-,28-,29?/m0/s1. The fourth-order valence-electron chi connectivity index (χ4n) is 6.14. The predicted octanol–water partition coefficient (Wildman–Crippen LogP) is 0.212. The molecule has 6 rings (SSSR count). The van der Waals surface area contributed by atoms with Crippen LogP contribution in [0.5, 0.6) is 11.5 Å². The fourth-order valence-corrected chi connectivity index (χ4v) is 6.14. The molecule has 1 spiro atoms. The van der Waals surface area contributed by atoms with Crippen LogP contribution in [0.1, 0.15) is 45.1 Å². The lowest BCUT2D eigenvalue weighted by Gasteiger charge is -2.41. The van der Waals surface area contributed by atoms with Crippen molar-refractivity contribution in [3.8, 4) is 11.5 Å². The molecule has 14 nitrogen and oxygen atoms in total. The second kappa shape index (κ2) is 16.1. The number of likely N-dealkylation sites (tertiary alicyclic amines) is 1. The van der Waals surface area contributed by atoms with E-state index >= 15 is 0 Å². The Hall–Kier alpha value is -4.69. The van der Waals surface area contributed by atoms with E-state index in [0.717, 1.165) is 12.0 Å². The average molecular weight is 680 g/mol. The summed E-state index contributed by atoms with van der Waals surface area (Å²) in [7, 11) is 0. The van der Waals surface area contributed by atoms with Crippen molar-refractivity contribution in [1.82, 2.24) is 26.2 Å². The number of amides is 5. The van der Waals surface area contributed by atoms with Crippen LogP contribution in [0.3, 0.4) is 0 Å². The number of benzene rings is 2. The number of nitrogens with one attached hydrogen (secondary N) is 4. The van der Waals surface area contributed by atoms with Crippen molar-refractivity contribution in [2.45, 2.75) is 81.9 Å². The van der Waals surface area contributed by atoms with Crippen LogP contribution in [-0.4, -0.2) is 108 Å². The van der Waals surface area contributed by atoms with Crippen molar-refractivity contribution in [2.75, 3.05) is 32.8 Å². The number of rotatable bonds is 4. The third-order valence-corrected chi connectivity index (χ3v) is 9.03. The van der Waals surface area contributed by atoms with E-state index in [9.17, 15) is 29.1 Å². The van der Waals surface area contributed by atoms with Gasteiger partial charge in [-0.1, -0.05) is 30.3 Å². The molecule has 0 aromatic heterocycles. The molecule has 2 aromatic carbocycles. The van der Waals surface area contributed by atoms with Gasteiger partial charge >= 0.3 is 0 Å². The van der Waals surface area contributed by atoms with E-state index in [1.165, 1.54) is 13.8 Å². The van der Waals surface area contributed by atoms with Crippen LogP contribution < -0.4 is 30.7 Å². The highest BCUT2D eigenvalue weighted by molar-refractivity contribution is 5.96. The Morgan fingerprint density at radius 1 is 0.918 bits per heavy atom. The average Bonchev–Trinajstić information content (AvgIpc) is 3.64. The first kappa shape index (κ1) is 35.6. The van der Waals surface area contributed by atoms with Gasteiger partial charge in [0.15, 0.2) is 5.60 Å². The summed E-state index contributed by atoms with van der Waals surface area (Å²) in [5.41, 5.74) is -0.664. The van der Waals surface area contributed by atoms with Gasteiger partial charge in [0.05, 0.1) is 12.6 Å². The maximum Gasteiger partial charge on any atom is 0.265 e. The van der Waals surface area contributed by atoms with Gasteiger partial charge in [0, 0.05) is 39.0 Å². The van der Waals surface area contributed by atoms with Gasteiger partial charge in [0.1, 0.15) is 42.3 Å². The number of hydrogen-bond acceptors (Lipinski definition) is 9. The molecule has 4 aliphatic rings. The van der Waals surface area contributed by atoms with Crippen LogP contribution >= 0.6 is 0 Å². The molecule has 14 heteroatoms. The first-order valence-corrected chi connectivity index (χ1v) is 16.8. The zero-order valence-corrected chi connectivity index (χ0v) is 27.8. The monoisotopic (exact) mass is 679 g/mol. The number of aliphatic hydroxyl groups excluding tert-OH is 1. The van der Waals surface area contributed by atoms with Crippen LogP contribution in [0.4, 0.5) is 0 Å². The summed E-state index contributed by atoms with van der Waals surface area (Å²) in [5.74, 6) is -1.78. The summed E-state index contributed by atoms with van der Waals surface area (Å²) in [6.07, 6.45) is 0.0458. The Labute approximate surface area is 285 Å². The minimum absolute atomic E-state index is 0.116. The third kappa shape index (κ3) is 9.06. The molecule has 2 fully saturated rings. The molecular formula is C35H45N5O9. The topological polar surface area (TPSA) is 185 Å². The van der Waals surface area contributed by atoms with E-state index in [-0.39, 0.29) is 51.4 Å². The maximum atomic E-state index is 14.1. The number of ether oxygens (including phenoxy) is 3. The second-order valence-corrected chi connectivity index (χ2v) is 12.7. The van der Waals surface area contributed by atoms with Gasteiger partial charge in [-0.2, -0.15) is 0 Å². The minimum Gasteiger partial charge on any atom is -0.492 e. The molecule has 2 saturated heterocycles. The van der Waals surface area contributed by atoms with Gasteiger partial charge in [0.25, 0.3) is 11.8 Å². The van der Waals surface area contributed by atoms with Gasteiger partial charge in [-0.25, -0.2) is 0 Å². The van der Waals surface area contributed by atoms with Gasteiger partial charge in [-0.05, 0) is 56.5 Å². The number of fused-ring (bicyclic) bond motifs is 15. The number of carbonyl (C=O) groups is 5. The molecular weight excluding hydrogens is 634 g/mol. The van der Waals surface area contributed by atoms with Crippen molar-refractivity contribution in [3.63, 3.8) is 0 Å². The Balaban J connectivity index is 1.38. The molecule has 1 unspecified atom stereocenters. The molecule has 0 saturated carbocycles. The summed E-state index contributed by atoms with van der Waals surface area (Å²) in [6.45, 7) is 4.06. The van der Waals surface area contributed by atoms with Crippen molar-refractivity contribution < 1.29 is 43.3 Å². The highest BCUT2D eigenvalue weighted by atomic mass is 16.5. The van der Waals surface area contributed by atoms with Crippen LogP contribution in [0.25, 0.3) is 0 Å². The number of hydrogen-bond donors (Lipinski definition) is 5. The molecule has 5 amide bonds. The van der Waals surface area contributed by atoms with Gasteiger partial charge in [-0.15, -0.1) is 0 Å². The molecule has 4 heterocycles. The van der Waals surface area contributed by atoms with E-state index in [2.05, 4.69) is 21.3 Å². The van der Waals surface area contributed by atoms with Gasteiger partial charge in [0.2, 0.25) is 17.7 Å². The van der Waals surface area contributed by atoms with E-state index in [0.29, 0.717) is 24.5 Å². The third-order valence-electron chi connectivity index (χ3n) is 9.03. The van der Waals surface area contributed by atoms with Crippen molar-refractivity contribution in [1.29, 1.82) is 0 Å². The van der Waals surface area contributed by atoms with Gasteiger partial charge < -0.3 is 45.5 Å². The summed E-state index contributed by atoms with van der Waals surface area (Å²) < 4.78 is 17.7. The normalized spacial score (nSPS) is 26.0. The van der Waals surface area contributed by atoms with E-state index in [1.807, 2.05) is 30.3 Å². The summed E-state index contributed by atoms with van der Waals surface area (Å²) in [6, 6.07) is 12.3. The molecule has 264 valence electrons. The van der Waals surface area contributed by atoms with Crippen molar-refractivity contribution in [3.05, 3.63) is 60.2 Å². The first-order valence-electron chi connectivity index (χ1n) is 16.8. The molecule has 5 N–H and O–H groups in total. The molecule has 0 radical (unpaired) electrons. The lowest BCUT2D eigenvalue weighted by molar-refractivity contribution is -0.152. The summed E-state index contributed by atoms with van der Waals surface area (Å²) >= 11 is 0. The lowest BCUT2D eigenvalue weighted by Crippen LogP contribution is -2.64. The quantitative estimate of drug-likeness (QED) is 0.282. The molecule has 4 aliphatic heterocycles. The Bertz CT molecular complexity index is 1470. The smallest absolute Gasteiger partial charge is 0.265 e. The second-order valence-electron chi connectivity index (χ2n) is 12.7. The Morgan fingerprint density at radius 3 is 2.27 bits per heavy atom. The van der Waals surface area contributed by atoms with Gasteiger partial charge in [-0.3, -0.25) is 24.0 Å². The van der Waals surface area contributed by atoms with Crippen LogP contribution in [0.15, 0.2) is 54.6 Å². The Kier molecular flexibility index (Phi) is 11.7. The molecule has 49 heavy (non-hydrogen) atoms. The molecule has 2 aromatic rings. The number of nitrogens with zero attached hydrogens (tertiary/aromatic N) is 1. The first-order chi connectivity index (χ1) is 23.5. The number of piperidine rings is 1. The van der Waals surface area contributed by atoms with Crippen molar-refractivity contribution >= 4 is 29.5 Å². The highest BCUT2D eigenvalue weighted by Crippen LogP contribution is 2.32.